The molecule has 2 aromatic carbocycles. The molecule has 134 valence electrons. The fourth-order valence-electron chi connectivity index (χ4n) is 3.29. The first kappa shape index (κ1) is 16.7. The average Bonchev–Trinajstić information content (AvgIpc) is 3.18. The van der Waals surface area contributed by atoms with Gasteiger partial charge in [-0.1, -0.05) is 6.07 Å². The number of carbonyl (C=O) groups excluding carboxylic acids is 1. The predicted octanol–water partition coefficient (Wildman–Crippen LogP) is 3.45. The normalized spacial score (nSPS) is 13.8. The Hall–Kier alpha value is -2.80. The second-order valence-electron chi connectivity index (χ2n) is 6.45. The first-order chi connectivity index (χ1) is 12.3. The Labute approximate surface area is 151 Å². The van der Waals surface area contributed by atoms with Crippen LogP contribution >= 0.6 is 0 Å². The molecular weight excluding hydrogens is 352 g/mol. The fraction of sp³-hybridized carbons (Fsp3) is 0.211. The quantitative estimate of drug-likeness (QED) is 0.766. The lowest BCUT2D eigenvalue weighted by molar-refractivity contribution is -0.116. The van der Waals surface area contributed by atoms with E-state index in [0.717, 1.165) is 22.9 Å². The van der Waals surface area contributed by atoms with E-state index in [-0.39, 0.29) is 10.8 Å². The van der Waals surface area contributed by atoms with Crippen LogP contribution in [0.1, 0.15) is 18.1 Å². The van der Waals surface area contributed by atoms with Crippen molar-refractivity contribution < 1.29 is 17.6 Å². The molecule has 0 atom stereocenters. The molecule has 2 heterocycles. The van der Waals surface area contributed by atoms with E-state index >= 15 is 0 Å². The van der Waals surface area contributed by atoms with Gasteiger partial charge in [-0.3, -0.25) is 9.52 Å². The van der Waals surface area contributed by atoms with Crippen molar-refractivity contribution in [3.8, 4) is 0 Å². The van der Waals surface area contributed by atoms with Gasteiger partial charge in [0.1, 0.15) is 5.58 Å². The lowest BCUT2D eigenvalue weighted by Gasteiger charge is -2.16. The SMILES string of the molecule is CC(=O)N1CCc2ccc(S(=O)(=O)Nc3ccc4occ(C)c4c3)cc21. The third-order valence-corrected chi connectivity index (χ3v) is 6.04. The molecule has 1 aromatic heterocycles. The van der Waals surface area contributed by atoms with Gasteiger partial charge < -0.3 is 9.32 Å². The zero-order chi connectivity index (χ0) is 18.5. The lowest BCUT2D eigenvalue weighted by Crippen LogP contribution is -2.26. The summed E-state index contributed by atoms with van der Waals surface area (Å²) in [5, 5.41) is 0.863. The molecule has 7 heteroatoms. The van der Waals surface area contributed by atoms with Crippen molar-refractivity contribution in [1.82, 2.24) is 0 Å². The lowest BCUT2D eigenvalue weighted by atomic mass is 10.2. The summed E-state index contributed by atoms with van der Waals surface area (Å²) >= 11 is 0. The minimum Gasteiger partial charge on any atom is -0.464 e. The summed E-state index contributed by atoms with van der Waals surface area (Å²) < 4.78 is 33.6. The van der Waals surface area contributed by atoms with Crippen LogP contribution in [0.5, 0.6) is 0 Å². The fourth-order valence-corrected chi connectivity index (χ4v) is 4.36. The number of aryl methyl sites for hydroxylation is 1. The molecule has 1 aliphatic rings. The van der Waals surface area contributed by atoms with Gasteiger partial charge in [-0.15, -0.1) is 0 Å². The third-order valence-electron chi connectivity index (χ3n) is 4.66. The van der Waals surface area contributed by atoms with E-state index in [1.807, 2.05) is 6.92 Å². The number of carbonyl (C=O) groups is 1. The number of furan rings is 1. The van der Waals surface area contributed by atoms with Crippen LogP contribution in [0, 0.1) is 6.92 Å². The standard InChI is InChI=1S/C19H18N2O4S/c1-12-11-25-19-6-4-15(9-17(12)19)20-26(23,24)16-5-3-14-7-8-21(13(2)22)18(14)10-16/h3-6,9-11,20H,7-8H2,1-2H3. The number of nitrogens with zero attached hydrogens (tertiary/aromatic N) is 1. The van der Waals surface area contributed by atoms with E-state index in [4.69, 9.17) is 4.42 Å². The van der Waals surface area contributed by atoms with E-state index in [2.05, 4.69) is 4.72 Å². The van der Waals surface area contributed by atoms with Crippen LogP contribution in [0.15, 0.2) is 52.0 Å². The van der Waals surface area contributed by atoms with Crippen molar-refractivity contribution in [2.45, 2.75) is 25.2 Å². The first-order valence-electron chi connectivity index (χ1n) is 8.27. The number of anilines is 2. The molecule has 1 amide bonds. The van der Waals surface area contributed by atoms with Crippen molar-refractivity contribution in [3.63, 3.8) is 0 Å². The zero-order valence-electron chi connectivity index (χ0n) is 14.4. The van der Waals surface area contributed by atoms with Crippen molar-refractivity contribution in [2.24, 2.45) is 0 Å². The number of hydrogen-bond donors (Lipinski definition) is 1. The molecule has 1 aliphatic heterocycles. The molecule has 0 fully saturated rings. The second kappa shape index (κ2) is 5.88. The molecule has 1 N–H and O–H groups in total. The number of hydrogen-bond acceptors (Lipinski definition) is 4. The number of nitrogens with one attached hydrogen (secondary N) is 1. The smallest absolute Gasteiger partial charge is 0.261 e. The molecule has 0 unspecified atom stereocenters. The molecule has 26 heavy (non-hydrogen) atoms. The Balaban J connectivity index is 1.69. The number of benzene rings is 2. The second-order valence-corrected chi connectivity index (χ2v) is 8.13. The molecule has 3 aromatic rings. The number of amides is 1. The van der Waals surface area contributed by atoms with Gasteiger partial charge in [0, 0.05) is 30.2 Å². The van der Waals surface area contributed by atoms with Gasteiger partial charge in [-0.25, -0.2) is 8.42 Å². The van der Waals surface area contributed by atoms with Gasteiger partial charge >= 0.3 is 0 Å². The molecule has 0 saturated carbocycles. The van der Waals surface area contributed by atoms with E-state index in [0.29, 0.717) is 23.5 Å². The van der Waals surface area contributed by atoms with Crippen LogP contribution in [-0.4, -0.2) is 20.9 Å². The van der Waals surface area contributed by atoms with Crippen molar-refractivity contribution in [2.75, 3.05) is 16.2 Å². The van der Waals surface area contributed by atoms with E-state index < -0.39 is 10.0 Å². The number of fused-ring (bicyclic) bond motifs is 2. The molecule has 0 bridgehead atoms. The Kier molecular flexibility index (Phi) is 3.77. The third kappa shape index (κ3) is 2.74. The molecule has 4 rings (SSSR count). The first-order valence-corrected chi connectivity index (χ1v) is 9.75. The number of sulfonamides is 1. The zero-order valence-corrected chi connectivity index (χ0v) is 15.3. The topological polar surface area (TPSA) is 79.6 Å². The Morgan fingerprint density at radius 2 is 2.00 bits per heavy atom. The molecule has 0 spiro atoms. The summed E-state index contributed by atoms with van der Waals surface area (Å²) in [6.07, 6.45) is 2.37. The molecule has 0 radical (unpaired) electrons. The van der Waals surface area contributed by atoms with Gasteiger partial charge in [-0.05, 0) is 54.8 Å². The highest BCUT2D eigenvalue weighted by atomic mass is 32.2. The van der Waals surface area contributed by atoms with Crippen LogP contribution in [-0.2, 0) is 21.2 Å². The van der Waals surface area contributed by atoms with Crippen molar-refractivity contribution in [1.29, 1.82) is 0 Å². The van der Waals surface area contributed by atoms with Crippen LogP contribution in [0.4, 0.5) is 11.4 Å². The largest absolute Gasteiger partial charge is 0.464 e. The summed E-state index contributed by atoms with van der Waals surface area (Å²) in [6.45, 7) is 3.97. The van der Waals surface area contributed by atoms with E-state index in [1.54, 1.807) is 47.6 Å². The molecule has 0 aliphatic carbocycles. The van der Waals surface area contributed by atoms with Crippen LogP contribution in [0.3, 0.4) is 0 Å². The summed E-state index contributed by atoms with van der Waals surface area (Å²) in [5.74, 6) is -0.0906. The van der Waals surface area contributed by atoms with Gasteiger partial charge in [0.05, 0.1) is 11.2 Å². The average molecular weight is 370 g/mol. The van der Waals surface area contributed by atoms with Gasteiger partial charge in [0.25, 0.3) is 10.0 Å². The maximum Gasteiger partial charge on any atom is 0.261 e. The van der Waals surface area contributed by atoms with E-state index in [1.165, 1.54) is 6.92 Å². The van der Waals surface area contributed by atoms with Crippen LogP contribution in [0.25, 0.3) is 11.0 Å². The highest BCUT2D eigenvalue weighted by molar-refractivity contribution is 7.92. The van der Waals surface area contributed by atoms with Crippen molar-refractivity contribution in [3.05, 3.63) is 53.8 Å². The van der Waals surface area contributed by atoms with Gasteiger partial charge in [0.15, 0.2) is 0 Å². The van der Waals surface area contributed by atoms with Gasteiger partial charge in [-0.2, -0.15) is 0 Å². The predicted molar refractivity (Wildman–Crippen MR) is 99.9 cm³/mol. The maximum absolute atomic E-state index is 12.8. The molecular formula is C19H18N2O4S. The summed E-state index contributed by atoms with van der Waals surface area (Å²) in [6, 6.07) is 10.1. The van der Waals surface area contributed by atoms with Gasteiger partial charge in [0.2, 0.25) is 5.91 Å². The van der Waals surface area contributed by atoms with Crippen LogP contribution < -0.4 is 9.62 Å². The minimum absolute atomic E-state index is 0.0906. The maximum atomic E-state index is 12.8. The van der Waals surface area contributed by atoms with Crippen molar-refractivity contribution >= 4 is 38.3 Å². The monoisotopic (exact) mass is 370 g/mol. The summed E-state index contributed by atoms with van der Waals surface area (Å²) in [7, 11) is -3.77. The molecule has 6 nitrogen and oxygen atoms in total. The highest BCUT2D eigenvalue weighted by Crippen LogP contribution is 2.31. The summed E-state index contributed by atoms with van der Waals surface area (Å²) in [4.78, 5) is 13.5. The number of rotatable bonds is 3. The highest BCUT2D eigenvalue weighted by Gasteiger charge is 2.25. The van der Waals surface area contributed by atoms with Crippen LogP contribution in [0.2, 0.25) is 0 Å². The minimum atomic E-state index is -3.77. The Morgan fingerprint density at radius 1 is 1.19 bits per heavy atom. The molecule has 0 saturated heterocycles. The van der Waals surface area contributed by atoms with E-state index in [9.17, 15) is 13.2 Å². The Bertz CT molecular complexity index is 1130. The Morgan fingerprint density at radius 3 is 2.77 bits per heavy atom. The summed E-state index contributed by atoms with van der Waals surface area (Å²) in [5.41, 5.74) is 3.76.